The van der Waals surface area contributed by atoms with Crippen molar-refractivity contribution < 1.29 is 9.59 Å². The van der Waals surface area contributed by atoms with Crippen molar-refractivity contribution in [3.05, 3.63) is 42.1 Å². The average molecular weight is 316 g/mol. The van der Waals surface area contributed by atoms with Crippen molar-refractivity contribution in [2.75, 3.05) is 26.0 Å². The van der Waals surface area contributed by atoms with Crippen LogP contribution in [-0.2, 0) is 9.59 Å². The highest BCUT2D eigenvalue weighted by molar-refractivity contribution is 5.96. The highest BCUT2D eigenvalue weighted by Gasteiger charge is 2.40. The Morgan fingerprint density at radius 2 is 2.30 bits per heavy atom. The van der Waals surface area contributed by atoms with Crippen LogP contribution in [-0.4, -0.2) is 53.4 Å². The fraction of sp³-hybridized carbons (Fsp3) is 0.333. The topological polar surface area (TPSA) is 99.2 Å². The van der Waals surface area contributed by atoms with Crippen LogP contribution in [0.2, 0.25) is 0 Å². The Labute approximate surface area is 134 Å². The van der Waals surface area contributed by atoms with Crippen molar-refractivity contribution >= 4 is 18.0 Å². The van der Waals surface area contributed by atoms with Gasteiger partial charge in [-0.2, -0.15) is 0 Å². The molecule has 8 nitrogen and oxygen atoms in total. The number of hydrogen-bond donors (Lipinski definition) is 3. The molecule has 1 aromatic heterocycles. The summed E-state index contributed by atoms with van der Waals surface area (Å²) in [4.78, 5) is 32.9. The lowest BCUT2D eigenvalue weighted by atomic mass is 10.2. The molecule has 1 atom stereocenters. The molecule has 1 fully saturated rings. The summed E-state index contributed by atoms with van der Waals surface area (Å²) in [6, 6.07) is 1.64. The molecule has 1 aromatic rings. The molecule has 0 aliphatic carbocycles. The lowest BCUT2D eigenvalue weighted by Crippen LogP contribution is -2.53. The fourth-order valence-electron chi connectivity index (χ4n) is 2.30. The van der Waals surface area contributed by atoms with Gasteiger partial charge in [-0.05, 0) is 32.2 Å². The maximum atomic E-state index is 12.1. The Morgan fingerprint density at radius 1 is 1.52 bits per heavy atom. The lowest BCUT2D eigenvalue weighted by molar-refractivity contribution is -0.117. The zero-order valence-corrected chi connectivity index (χ0v) is 13.3. The third-order valence-corrected chi connectivity index (χ3v) is 3.64. The van der Waals surface area contributed by atoms with Crippen molar-refractivity contribution in [2.24, 2.45) is 0 Å². The Hall–Kier alpha value is -2.74. The van der Waals surface area contributed by atoms with Crippen LogP contribution in [0.4, 0.5) is 5.82 Å². The molecule has 1 saturated heterocycles. The summed E-state index contributed by atoms with van der Waals surface area (Å²) in [5.74, 6) is 0.315. The predicted octanol–water partition coefficient (Wildman–Crippen LogP) is -0.148. The zero-order chi connectivity index (χ0) is 16.9. The molecule has 1 aliphatic rings. The van der Waals surface area contributed by atoms with E-state index in [-0.39, 0.29) is 5.91 Å². The molecule has 3 N–H and O–H groups in total. The second-order valence-electron chi connectivity index (χ2n) is 5.33. The quantitative estimate of drug-likeness (QED) is 0.496. The Bertz CT molecular complexity index is 643. The molecule has 1 unspecified atom stereocenters. The van der Waals surface area contributed by atoms with Gasteiger partial charge >= 0.3 is 0 Å². The van der Waals surface area contributed by atoms with Crippen LogP contribution in [0.3, 0.4) is 0 Å². The van der Waals surface area contributed by atoms with Crippen LogP contribution >= 0.6 is 0 Å². The fourth-order valence-corrected chi connectivity index (χ4v) is 2.30. The summed E-state index contributed by atoms with van der Waals surface area (Å²) in [6.45, 7) is 2.52. The third-order valence-electron chi connectivity index (χ3n) is 3.64. The van der Waals surface area contributed by atoms with E-state index in [1.807, 2.05) is 25.9 Å². The first-order chi connectivity index (χ1) is 11.0. The molecule has 23 heavy (non-hydrogen) atoms. The van der Waals surface area contributed by atoms with Gasteiger partial charge in [-0.15, -0.1) is 0 Å². The molecule has 0 radical (unpaired) electrons. The van der Waals surface area contributed by atoms with Crippen molar-refractivity contribution in [3.8, 4) is 0 Å². The Balaban J connectivity index is 2.19. The smallest absolute Gasteiger partial charge is 0.269 e. The molecule has 8 heteroatoms. The minimum absolute atomic E-state index is 0.186. The molecule has 1 aliphatic heterocycles. The first kappa shape index (κ1) is 16.6. The minimum Gasteiger partial charge on any atom is -0.347 e. The SMILES string of the molecule is CNCC1(C)NC(=O)/C(=C/C=C(\C=O)Nc2ccncn2)N1C. The largest absolute Gasteiger partial charge is 0.347 e. The Morgan fingerprint density at radius 3 is 2.91 bits per heavy atom. The summed E-state index contributed by atoms with van der Waals surface area (Å²) in [5, 5.41) is 8.83. The second-order valence-corrected chi connectivity index (χ2v) is 5.33. The number of likely N-dealkylation sites (N-methyl/N-ethyl adjacent to an activating group) is 2. The van der Waals surface area contributed by atoms with E-state index in [9.17, 15) is 9.59 Å². The van der Waals surface area contributed by atoms with Gasteiger partial charge in [0.2, 0.25) is 0 Å². The summed E-state index contributed by atoms with van der Waals surface area (Å²) >= 11 is 0. The summed E-state index contributed by atoms with van der Waals surface area (Å²) in [7, 11) is 3.65. The van der Waals surface area contributed by atoms with E-state index in [4.69, 9.17) is 0 Å². The Kier molecular flexibility index (Phi) is 5.07. The second kappa shape index (κ2) is 7.01. The van der Waals surface area contributed by atoms with E-state index in [2.05, 4.69) is 25.9 Å². The van der Waals surface area contributed by atoms with Crippen LogP contribution in [0.1, 0.15) is 6.92 Å². The number of anilines is 1. The molecular formula is C15H20N6O2. The number of carbonyl (C=O) groups excluding carboxylic acids is 2. The number of carbonyl (C=O) groups is 2. The molecule has 0 bridgehead atoms. The van der Waals surface area contributed by atoms with E-state index in [1.165, 1.54) is 6.33 Å². The van der Waals surface area contributed by atoms with Crippen LogP contribution < -0.4 is 16.0 Å². The molecular weight excluding hydrogens is 296 g/mol. The zero-order valence-electron chi connectivity index (χ0n) is 13.3. The molecule has 122 valence electrons. The van der Waals surface area contributed by atoms with E-state index in [0.717, 1.165) is 0 Å². The molecule has 2 rings (SSSR count). The maximum absolute atomic E-state index is 12.1. The molecule has 0 saturated carbocycles. The summed E-state index contributed by atoms with van der Waals surface area (Å²) in [5.41, 5.74) is 0.263. The van der Waals surface area contributed by atoms with Crippen LogP contribution in [0, 0.1) is 0 Å². The standard InChI is InChI=1S/C15H20N6O2/c1-15(9-16-2)20-14(23)12(21(15)3)5-4-11(8-22)19-13-6-7-17-10-18-13/h4-8,10,16H,9H2,1-3H3,(H,20,23)(H,17,18,19)/b11-4+,12-5-. The summed E-state index contributed by atoms with van der Waals surface area (Å²) in [6.07, 6.45) is 6.76. The normalized spacial score (nSPS) is 23.1. The maximum Gasteiger partial charge on any atom is 0.269 e. The van der Waals surface area contributed by atoms with Gasteiger partial charge in [-0.25, -0.2) is 9.97 Å². The van der Waals surface area contributed by atoms with Crippen molar-refractivity contribution in [3.63, 3.8) is 0 Å². The molecule has 1 amide bonds. The van der Waals surface area contributed by atoms with Gasteiger partial charge in [0.15, 0.2) is 6.29 Å². The highest BCUT2D eigenvalue weighted by Crippen LogP contribution is 2.23. The van der Waals surface area contributed by atoms with Gasteiger partial charge in [-0.1, -0.05) is 0 Å². The number of amides is 1. The lowest BCUT2D eigenvalue weighted by Gasteiger charge is -2.32. The van der Waals surface area contributed by atoms with Crippen LogP contribution in [0.25, 0.3) is 0 Å². The van der Waals surface area contributed by atoms with E-state index >= 15 is 0 Å². The number of hydrogen-bond acceptors (Lipinski definition) is 7. The van der Waals surface area contributed by atoms with Gasteiger partial charge in [-0.3, -0.25) is 9.59 Å². The number of nitrogens with one attached hydrogen (secondary N) is 3. The van der Waals surface area contributed by atoms with Crippen LogP contribution in [0.15, 0.2) is 42.1 Å². The van der Waals surface area contributed by atoms with E-state index in [0.29, 0.717) is 30.0 Å². The number of aldehydes is 1. The van der Waals surface area contributed by atoms with E-state index < -0.39 is 5.66 Å². The van der Waals surface area contributed by atoms with Gasteiger partial charge in [0.05, 0.1) is 5.70 Å². The highest BCUT2D eigenvalue weighted by atomic mass is 16.2. The number of rotatable bonds is 6. The van der Waals surface area contributed by atoms with Gasteiger partial charge in [0.1, 0.15) is 23.5 Å². The molecule has 0 aromatic carbocycles. The minimum atomic E-state index is -0.507. The van der Waals surface area contributed by atoms with Crippen molar-refractivity contribution in [2.45, 2.75) is 12.6 Å². The van der Waals surface area contributed by atoms with Gasteiger partial charge in [0, 0.05) is 19.8 Å². The first-order valence-corrected chi connectivity index (χ1v) is 7.11. The predicted molar refractivity (Wildman–Crippen MR) is 86.1 cm³/mol. The van der Waals surface area contributed by atoms with Crippen LogP contribution in [0.5, 0.6) is 0 Å². The first-order valence-electron chi connectivity index (χ1n) is 7.11. The molecule has 2 heterocycles. The van der Waals surface area contributed by atoms with Crippen molar-refractivity contribution in [1.29, 1.82) is 0 Å². The monoisotopic (exact) mass is 316 g/mol. The van der Waals surface area contributed by atoms with Gasteiger partial charge < -0.3 is 20.9 Å². The van der Waals surface area contributed by atoms with E-state index in [1.54, 1.807) is 24.4 Å². The number of aromatic nitrogens is 2. The van der Waals surface area contributed by atoms with Crippen molar-refractivity contribution in [1.82, 2.24) is 25.5 Å². The molecule has 0 spiro atoms. The summed E-state index contributed by atoms with van der Waals surface area (Å²) < 4.78 is 0. The van der Waals surface area contributed by atoms with Gasteiger partial charge in [0.25, 0.3) is 5.91 Å². The average Bonchev–Trinajstić information content (AvgIpc) is 2.75. The third kappa shape index (κ3) is 3.72. The number of nitrogens with zero attached hydrogens (tertiary/aromatic N) is 3. The number of allylic oxidation sites excluding steroid dienone is 3.